The van der Waals surface area contributed by atoms with Gasteiger partial charge in [0.1, 0.15) is 5.60 Å². The summed E-state index contributed by atoms with van der Waals surface area (Å²) >= 11 is 6.53. The molecule has 0 radical (unpaired) electrons. The Bertz CT molecular complexity index is 719. The number of carbonyl (C=O) groups is 1. The number of aliphatic imine (C=N–C) groups is 1. The van der Waals surface area contributed by atoms with E-state index in [1.807, 2.05) is 45.9 Å². The molecule has 2 rings (SSSR count). The Kier molecular flexibility index (Phi) is 11.9. The van der Waals surface area contributed by atoms with Gasteiger partial charge in [0, 0.05) is 43.3 Å². The van der Waals surface area contributed by atoms with E-state index in [1.54, 1.807) is 0 Å². The summed E-state index contributed by atoms with van der Waals surface area (Å²) in [6.07, 6.45) is 1.32. The molecule has 0 aromatic heterocycles. The van der Waals surface area contributed by atoms with Crippen molar-refractivity contribution in [1.82, 2.24) is 16.0 Å². The Morgan fingerprint density at radius 1 is 1.16 bits per heavy atom. The third-order valence-corrected chi connectivity index (χ3v) is 5.19. The monoisotopic (exact) mass is 566 g/mol. The Balaban J connectivity index is 0.00000480. The van der Waals surface area contributed by atoms with Crippen LogP contribution in [0, 0.1) is 0 Å². The van der Waals surface area contributed by atoms with E-state index >= 15 is 0 Å². The Hall–Kier alpha value is -1.26. The Morgan fingerprint density at radius 3 is 2.42 bits per heavy atom. The van der Waals surface area contributed by atoms with Gasteiger partial charge in [-0.05, 0) is 52.2 Å². The fraction of sp³-hybridized carbons (Fsp3) is 0.636. The summed E-state index contributed by atoms with van der Waals surface area (Å²) in [5.41, 5.74) is 0.472. The van der Waals surface area contributed by atoms with E-state index in [1.165, 1.54) is 0 Å². The lowest BCUT2D eigenvalue weighted by molar-refractivity contribution is 0.0527. The minimum atomic E-state index is -0.509. The summed E-state index contributed by atoms with van der Waals surface area (Å²) < 4.78 is 10.8. The molecule has 0 spiro atoms. The molecule has 1 aliphatic heterocycles. The first-order chi connectivity index (χ1) is 14.3. The van der Waals surface area contributed by atoms with Gasteiger partial charge in [0.15, 0.2) is 5.96 Å². The van der Waals surface area contributed by atoms with Gasteiger partial charge < -0.3 is 25.4 Å². The lowest BCUT2D eigenvalue weighted by atomic mass is 9.74. The highest BCUT2D eigenvalue weighted by atomic mass is 127. The van der Waals surface area contributed by atoms with Crippen LogP contribution in [0.1, 0.15) is 46.1 Å². The number of carbonyl (C=O) groups excluding carboxylic acids is 1. The van der Waals surface area contributed by atoms with E-state index in [0.717, 1.165) is 30.0 Å². The number of nitrogens with zero attached hydrogens (tertiary/aromatic N) is 1. The van der Waals surface area contributed by atoms with Crippen molar-refractivity contribution < 1.29 is 14.3 Å². The highest BCUT2D eigenvalue weighted by Crippen LogP contribution is 2.38. The molecule has 0 atom stereocenters. The van der Waals surface area contributed by atoms with Gasteiger partial charge in [-0.15, -0.1) is 24.0 Å². The van der Waals surface area contributed by atoms with Crippen molar-refractivity contribution >= 4 is 47.6 Å². The van der Waals surface area contributed by atoms with Crippen LogP contribution in [0.4, 0.5) is 4.79 Å². The van der Waals surface area contributed by atoms with E-state index in [2.05, 4.69) is 22.0 Å². The van der Waals surface area contributed by atoms with Gasteiger partial charge in [-0.25, -0.2) is 4.79 Å². The molecule has 9 heteroatoms. The lowest BCUT2D eigenvalue weighted by Crippen LogP contribution is -2.44. The predicted octanol–water partition coefficient (Wildman–Crippen LogP) is 4.09. The Morgan fingerprint density at radius 2 is 1.81 bits per heavy atom. The van der Waals surface area contributed by atoms with Crippen LogP contribution in [0.15, 0.2) is 29.3 Å². The number of amides is 1. The molecular formula is C22H36ClIN4O3. The number of hydrogen-bond acceptors (Lipinski definition) is 4. The van der Waals surface area contributed by atoms with Crippen molar-refractivity contribution in [3.63, 3.8) is 0 Å². The molecule has 1 aromatic carbocycles. The van der Waals surface area contributed by atoms with Crippen molar-refractivity contribution in [2.75, 3.05) is 39.4 Å². The van der Waals surface area contributed by atoms with Crippen molar-refractivity contribution in [3.8, 4) is 0 Å². The van der Waals surface area contributed by atoms with Gasteiger partial charge in [0.2, 0.25) is 0 Å². The summed E-state index contributed by atoms with van der Waals surface area (Å²) in [6, 6.07) is 8.00. The summed E-state index contributed by atoms with van der Waals surface area (Å²) in [4.78, 5) is 16.6. The minimum Gasteiger partial charge on any atom is -0.444 e. The fourth-order valence-electron chi connectivity index (χ4n) is 3.40. The smallest absolute Gasteiger partial charge is 0.407 e. The van der Waals surface area contributed by atoms with Crippen molar-refractivity contribution in [3.05, 3.63) is 34.9 Å². The SMILES string of the molecule is CCNC(=NCC1(c2ccccc2Cl)CCOCC1)NCCNC(=O)OC(C)(C)C.I. The second-order valence-corrected chi connectivity index (χ2v) is 8.83. The van der Waals surface area contributed by atoms with Gasteiger partial charge >= 0.3 is 6.09 Å². The van der Waals surface area contributed by atoms with E-state index < -0.39 is 11.7 Å². The molecule has 0 unspecified atom stereocenters. The summed E-state index contributed by atoms with van der Waals surface area (Å²) in [5.74, 6) is 0.710. The predicted molar refractivity (Wildman–Crippen MR) is 137 cm³/mol. The van der Waals surface area contributed by atoms with E-state index in [4.69, 9.17) is 26.1 Å². The number of halogens is 2. The van der Waals surface area contributed by atoms with Crippen LogP contribution < -0.4 is 16.0 Å². The minimum absolute atomic E-state index is 0. The second-order valence-electron chi connectivity index (χ2n) is 8.42. The average molecular weight is 567 g/mol. The third kappa shape index (κ3) is 9.41. The van der Waals surface area contributed by atoms with E-state index in [0.29, 0.717) is 38.8 Å². The number of guanidine groups is 1. The standard InChI is InChI=1S/C22H35ClN4O3.HI/c1-5-24-19(25-12-13-26-20(28)30-21(2,3)4)27-16-22(10-14-29-15-11-22)17-8-6-7-9-18(17)23;/h6-9H,5,10-16H2,1-4H3,(H,26,28)(H2,24,25,27);1H. The maximum absolute atomic E-state index is 11.8. The van der Waals surface area contributed by atoms with Gasteiger partial charge in [-0.2, -0.15) is 0 Å². The normalized spacial score (nSPS) is 16.1. The van der Waals surface area contributed by atoms with Crippen LogP contribution in [0.25, 0.3) is 0 Å². The highest BCUT2D eigenvalue weighted by molar-refractivity contribution is 14.0. The zero-order valence-electron chi connectivity index (χ0n) is 18.9. The average Bonchev–Trinajstić information content (AvgIpc) is 2.69. The van der Waals surface area contributed by atoms with Crippen molar-refractivity contribution in [2.24, 2.45) is 4.99 Å². The number of rotatable bonds is 7. The number of benzene rings is 1. The number of ether oxygens (including phenoxy) is 2. The van der Waals surface area contributed by atoms with Crippen LogP contribution >= 0.6 is 35.6 Å². The zero-order chi connectivity index (χ0) is 22.0. The first kappa shape index (κ1) is 27.8. The van der Waals surface area contributed by atoms with Crippen molar-refractivity contribution in [2.45, 2.75) is 51.6 Å². The van der Waals surface area contributed by atoms with Gasteiger partial charge in [-0.3, -0.25) is 4.99 Å². The molecule has 1 aromatic rings. The zero-order valence-corrected chi connectivity index (χ0v) is 22.0. The van der Waals surface area contributed by atoms with E-state index in [-0.39, 0.29) is 29.4 Å². The molecular weight excluding hydrogens is 531 g/mol. The number of nitrogens with one attached hydrogen (secondary N) is 3. The van der Waals surface area contributed by atoms with Gasteiger partial charge in [-0.1, -0.05) is 29.8 Å². The largest absolute Gasteiger partial charge is 0.444 e. The number of alkyl carbamates (subject to hydrolysis) is 1. The maximum Gasteiger partial charge on any atom is 0.407 e. The number of hydrogen-bond donors (Lipinski definition) is 3. The molecule has 0 bridgehead atoms. The summed E-state index contributed by atoms with van der Waals surface area (Å²) in [5, 5.41) is 10.0. The molecule has 31 heavy (non-hydrogen) atoms. The molecule has 3 N–H and O–H groups in total. The maximum atomic E-state index is 11.8. The molecule has 0 saturated carbocycles. The molecule has 1 fully saturated rings. The molecule has 1 amide bonds. The quantitative estimate of drug-likeness (QED) is 0.200. The lowest BCUT2D eigenvalue weighted by Gasteiger charge is -2.37. The van der Waals surface area contributed by atoms with Crippen LogP contribution in [0.3, 0.4) is 0 Å². The van der Waals surface area contributed by atoms with Crippen LogP contribution in [-0.4, -0.2) is 57.0 Å². The topological polar surface area (TPSA) is 84.0 Å². The van der Waals surface area contributed by atoms with Crippen molar-refractivity contribution in [1.29, 1.82) is 0 Å². The van der Waals surface area contributed by atoms with Crippen LogP contribution in [-0.2, 0) is 14.9 Å². The molecule has 0 aliphatic carbocycles. The van der Waals surface area contributed by atoms with Crippen LogP contribution in [0.5, 0.6) is 0 Å². The van der Waals surface area contributed by atoms with Gasteiger partial charge in [0.05, 0.1) is 6.54 Å². The molecule has 1 heterocycles. The first-order valence-corrected chi connectivity index (χ1v) is 11.0. The molecule has 1 aliphatic rings. The van der Waals surface area contributed by atoms with Gasteiger partial charge in [0.25, 0.3) is 0 Å². The highest BCUT2D eigenvalue weighted by Gasteiger charge is 2.36. The Labute approximate surface area is 208 Å². The first-order valence-electron chi connectivity index (χ1n) is 10.6. The summed E-state index contributed by atoms with van der Waals surface area (Å²) in [7, 11) is 0. The third-order valence-electron chi connectivity index (χ3n) is 4.86. The second kappa shape index (κ2) is 13.3. The molecule has 1 saturated heterocycles. The molecule has 7 nitrogen and oxygen atoms in total. The molecule has 176 valence electrons. The van der Waals surface area contributed by atoms with Crippen LogP contribution in [0.2, 0.25) is 5.02 Å². The summed E-state index contributed by atoms with van der Waals surface area (Å²) in [6.45, 7) is 11.3. The fourth-order valence-corrected chi connectivity index (χ4v) is 3.73. The van der Waals surface area contributed by atoms with E-state index in [9.17, 15) is 4.79 Å².